The Labute approximate surface area is 174 Å². The first-order valence-electron chi connectivity index (χ1n) is 10.7. The van der Waals surface area contributed by atoms with Crippen molar-refractivity contribution >= 4 is 5.97 Å². The molecule has 1 aliphatic heterocycles. The first-order chi connectivity index (χ1) is 14.0. The lowest BCUT2D eigenvalue weighted by atomic mass is 9.97. The van der Waals surface area contributed by atoms with Gasteiger partial charge in [-0.25, -0.2) is 0 Å². The van der Waals surface area contributed by atoms with Crippen molar-refractivity contribution in [3.63, 3.8) is 0 Å². The molecule has 4 heteroatoms. The van der Waals surface area contributed by atoms with Crippen LogP contribution in [0.4, 0.5) is 0 Å². The number of hydrogen-bond donors (Lipinski definition) is 0. The molecule has 0 N–H and O–H groups in total. The number of aryl methyl sites for hydroxylation is 1. The Kier molecular flexibility index (Phi) is 7.32. The van der Waals surface area contributed by atoms with Gasteiger partial charge < -0.3 is 9.47 Å². The number of esters is 1. The number of hydrogen-bond acceptors (Lipinski definition) is 4. The molecule has 0 saturated heterocycles. The van der Waals surface area contributed by atoms with Crippen molar-refractivity contribution in [1.82, 2.24) is 4.90 Å². The lowest BCUT2D eigenvalue weighted by Gasteiger charge is -2.24. The van der Waals surface area contributed by atoms with Crippen molar-refractivity contribution in [2.45, 2.75) is 59.7 Å². The summed E-state index contributed by atoms with van der Waals surface area (Å²) in [5.74, 6) is 0.755. The van der Waals surface area contributed by atoms with Gasteiger partial charge in [0.2, 0.25) is 0 Å². The van der Waals surface area contributed by atoms with Crippen LogP contribution in [0.15, 0.2) is 42.5 Å². The van der Waals surface area contributed by atoms with Gasteiger partial charge in [-0.2, -0.15) is 0 Å². The zero-order valence-electron chi connectivity index (χ0n) is 18.1. The molecule has 2 aromatic rings. The third-order valence-corrected chi connectivity index (χ3v) is 5.62. The van der Waals surface area contributed by atoms with E-state index in [9.17, 15) is 4.79 Å². The minimum absolute atomic E-state index is 0.123. The van der Waals surface area contributed by atoms with Gasteiger partial charge in [0.15, 0.2) is 0 Å². The van der Waals surface area contributed by atoms with Crippen molar-refractivity contribution in [2.75, 3.05) is 13.2 Å². The van der Waals surface area contributed by atoms with Crippen LogP contribution in [-0.2, 0) is 29.0 Å². The maximum atomic E-state index is 12.0. The van der Waals surface area contributed by atoms with Crippen molar-refractivity contribution in [3.05, 3.63) is 64.7 Å². The van der Waals surface area contributed by atoms with Crippen LogP contribution in [0, 0.1) is 12.8 Å². The van der Waals surface area contributed by atoms with Crippen molar-refractivity contribution < 1.29 is 14.3 Å². The summed E-state index contributed by atoms with van der Waals surface area (Å²) in [4.78, 5) is 14.5. The molecule has 1 heterocycles. The molecule has 2 aromatic carbocycles. The summed E-state index contributed by atoms with van der Waals surface area (Å²) in [5, 5.41) is 0. The smallest absolute Gasteiger partial charge is 0.308 e. The van der Waals surface area contributed by atoms with Crippen LogP contribution in [0.5, 0.6) is 5.75 Å². The summed E-state index contributed by atoms with van der Waals surface area (Å²) in [7, 11) is 0. The molecule has 0 saturated carbocycles. The zero-order chi connectivity index (χ0) is 20.8. The second kappa shape index (κ2) is 9.93. The number of carbonyl (C=O) groups excluding carboxylic acids is 1. The molecule has 3 rings (SSSR count). The van der Waals surface area contributed by atoms with Gasteiger partial charge in [-0.05, 0) is 49.4 Å². The molecule has 0 radical (unpaired) electrons. The number of rotatable bonds is 7. The van der Waals surface area contributed by atoms with E-state index in [2.05, 4.69) is 55.1 Å². The monoisotopic (exact) mass is 395 g/mol. The lowest BCUT2D eigenvalue weighted by molar-refractivity contribution is -0.147. The zero-order valence-corrected chi connectivity index (χ0v) is 18.1. The standard InChI is InChI=1S/C25H33NO3/c1-5-23-17-26(15-21-9-7-8-10-24(21)29-23)16-22-14-20(12-11-18(22)3)13-19(4)25(27)28-6-2/h7-12,14,19,23H,5-6,13,15-17H2,1-4H3/t19?,23-/m1/s1. The van der Waals surface area contributed by atoms with Crippen LogP contribution in [0.3, 0.4) is 0 Å². The molecule has 4 nitrogen and oxygen atoms in total. The number of ether oxygens (including phenoxy) is 2. The van der Waals surface area contributed by atoms with E-state index < -0.39 is 0 Å². The highest BCUT2D eigenvalue weighted by atomic mass is 16.5. The van der Waals surface area contributed by atoms with Gasteiger partial charge in [-0.15, -0.1) is 0 Å². The van der Waals surface area contributed by atoms with Crippen LogP contribution in [-0.4, -0.2) is 30.1 Å². The molecule has 0 bridgehead atoms. The predicted molar refractivity (Wildman–Crippen MR) is 116 cm³/mol. The highest BCUT2D eigenvalue weighted by Gasteiger charge is 2.22. The fourth-order valence-electron chi connectivity index (χ4n) is 3.88. The summed E-state index contributed by atoms with van der Waals surface area (Å²) < 4.78 is 11.4. The Hall–Kier alpha value is -2.33. The number of benzene rings is 2. The van der Waals surface area contributed by atoms with Gasteiger partial charge in [0.1, 0.15) is 11.9 Å². The summed E-state index contributed by atoms with van der Waals surface area (Å²) in [5.41, 5.74) is 5.02. The highest BCUT2D eigenvalue weighted by Crippen LogP contribution is 2.27. The minimum atomic E-state index is -0.131. The van der Waals surface area contributed by atoms with E-state index in [1.807, 2.05) is 19.9 Å². The van der Waals surface area contributed by atoms with Crippen LogP contribution in [0.2, 0.25) is 0 Å². The Balaban J connectivity index is 1.76. The number of carbonyl (C=O) groups is 1. The first kappa shape index (κ1) is 21.4. The van der Waals surface area contributed by atoms with Crippen LogP contribution in [0.1, 0.15) is 49.4 Å². The average molecular weight is 396 g/mol. The first-order valence-corrected chi connectivity index (χ1v) is 10.7. The number of nitrogens with zero attached hydrogens (tertiary/aromatic N) is 1. The van der Waals surface area contributed by atoms with E-state index in [1.165, 1.54) is 22.3 Å². The van der Waals surface area contributed by atoms with Crippen LogP contribution < -0.4 is 4.74 Å². The van der Waals surface area contributed by atoms with Crippen molar-refractivity contribution in [1.29, 1.82) is 0 Å². The SMILES string of the molecule is CCOC(=O)C(C)Cc1ccc(C)c(CN2Cc3ccccc3O[C@H](CC)C2)c1. The molecule has 156 valence electrons. The third-order valence-electron chi connectivity index (χ3n) is 5.62. The van der Waals surface area contributed by atoms with Crippen LogP contribution in [0.25, 0.3) is 0 Å². The average Bonchev–Trinajstić information content (AvgIpc) is 2.89. The van der Waals surface area contributed by atoms with Gasteiger partial charge in [0.25, 0.3) is 0 Å². The minimum Gasteiger partial charge on any atom is -0.489 e. The van der Waals surface area contributed by atoms with Crippen molar-refractivity contribution in [3.8, 4) is 5.75 Å². The summed E-state index contributed by atoms with van der Waals surface area (Å²) >= 11 is 0. The Morgan fingerprint density at radius 1 is 1.24 bits per heavy atom. The molecule has 1 unspecified atom stereocenters. The Bertz CT molecular complexity index is 833. The fraction of sp³-hybridized carbons (Fsp3) is 0.480. The molecule has 0 aliphatic carbocycles. The molecular weight excluding hydrogens is 362 g/mol. The normalized spacial score (nSPS) is 17.7. The van der Waals surface area contributed by atoms with Gasteiger partial charge in [-0.1, -0.05) is 50.2 Å². The van der Waals surface area contributed by atoms with E-state index in [-0.39, 0.29) is 18.0 Å². The topological polar surface area (TPSA) is 38.8 Å². The maximum absolute atomic E-state index is 12.0. The highest BCUT2D eigenvalue weighted by molar-refractivity contribution is 5.72. The molecule has 0 spiro atoms. The fourth-order valence-corrected chi connectivity index (χ4v) is 3.88. The van der Waals surface area contributed by atoms with Gasteiger partial charge >= 0.3 is 5.97 Å². The molecule has 0 fully saturated rings. The Morgan fingerprint density at radius 3 is 2.79 bits per heavy atom. The third kappa shape index (κ3) is 5.60. The second-order valence-electron chi connectivity index (χ2n) is 8.04. The molecule has 0 aromatic heterocycles. The molecule has 29 heavy (non-hydrogen) atoms. The van der Waals surface area contributed by atoms with Gasteiger partial charge in [0.05, 0.1) is 12.5 Å². The predicted octanol–water partition coefficient (Wildman–Crippen LogP) is 4.91. The largest absolute Gasteiger partial charge is 0.489 e. The molecule has 1 aliphatic rings. The van der Waals surface area contributed by atoms with E-state index >= 15 is 0 Å². The van der Waals surface area contributed by atoms with Gasteiger partial charge in [0, 0.05) is 25.2 Å². The van der Waals surface area contributed by atoms with Gasteiger partial charge in [-0.3, -0.25) is 9.69 Å². The maximum Gasteiger partial charge on any atom is 0.308 e. The molecule has 2 atom stereocenters. The van der Waals surface area contributed by atoms with Crippen molar-refractivity contribution in [2.24, 2.45) is 5.92 Å². The van der Waals surface area contributed by atoms with E-state index in [0.717, 1.165) is 31.8 Å². The van der Waals surface area contributed by atoms with E-state index in [0.29, 0.717) is 13.0 Å². The Morgan fingerprint density at radius 2 is 2.03 bits per heavy atom. The molecular formula is C25H33NO3. The van der Waals surface area contributed by atoms with Crippen LogP contribution >= 0.6 is 0 Å². The summed E-state index contributed by atoms with van der Waals surface area (Å²) in [6, 6.07) is 14.9. The van der Waals surface area contributed by atoms with E-state index in [4.69, 9.17) is 9.47 Å². The van der Waals surface area contributed by atoms with E-state index in [1.54, 1.807) is 0 Å². The number of para-hydroxylation sites is 1. The summed E-state index contributed by atoms with van der Waals surface area (Å²) in [6.07, 6.45) is 1.89. The second-order valence-corrected chi connectivity index (χ2v) is 8.04. The molecule has 0 amide bonds. The number of fused-ring (bicyclic) bond motifs is 1. The quantitative estimate of drug-likeness (QED) is 0.625. The summed E-state index contributed by atoms with van der Waals surface area (Å²) in [6.45, 7) is 11.2. The lowest BCUT2D eigenvalue weighted by Crippen LogP contribution is -2.32.